The van der Waals surface area contributed by atoms with Gasteiger partial charge in [0.05, 0.1) is 15.7 Å². The van der Waals surface area contributed by atoms with E-state index in [9.17, 15) is 4.39 Å². The Hall–Kier alpha value is -0.510. The molecule has 0 radical (unpaired) electrons. The van der Waals surface area contributed by atoms with Crippen LogP contribution in [-0.4, -0.2) is 18.6 Å². The van der Waals surface area contributed by atoms with Gasteiger partial charge in [0.15, 0.2) is 0 Å². The van der Waals surface area contributed by atoms with E-state index in [-0.39, 0.29) is 6.04 Å². The second kappa shape index (κ2) is 7.48. The van der Waals surface area contributed by atoms with E-state index in [2.05, 4.69) is 17.6 Å². The van der Waals surface area contributed by atoms with Gasteiger partial charge in [-0.1, -0.05) is 36.0 Å². The SMILES string of the molecule is CC(CC1CCCCCN1)Nc1c(Cl)cc(F)cc1Cl. The largest absolute Gasteiger partial charge is 0.380 e. The average molecular weight is 319 g/mol. The molecule has 20 heavy (non-hydrogen) atoms. The molecule has 0 aromatic heterocycles. The minimum atomic E-state index is -0.413. The van der Waals surface area contributed by atoms with Gasteiger partial charge in [-0.15, -0.1) is 0 Å². The summed E-state index contributed by atoms with van der Waals surface area (Å²) in [6, 6.07) is 3.32. The van der Waals surface area contributed by atoms with Crippen LogP contribution in [0.2, 0.25) is 10.0 Å². The van der Waals surface area contributed by atoms with Gasteiger partial charge in [-0.3, -0.25) is 0 Å². The molecule has 2 nitrogen and oxygen atoms in total. The Kier molecular flexibility index (Phi) is 5.94. The summed E-state index contributed by atoms with van der Waals surface area (Å²) in [5.74, 6) is -0.413. The first kappa shape index (κ1) is 15.9. The molecule has 2 N–H and O–H groups in total. The molecule has 112 valence electrons. The number of anilines is 1. The van der Waals surface area contributed by atoms with Crippen LogP contribution in [0.5, 0.6) is 0 Å². The molecule has 0 saturated carbocycles. The predicted molar refractivity (Wildman–Crippen MR) is 84.4 cm³/mol. The van der Waals surface area contributed by atoms with Crippen molar-refractivity contribution < 1.29 is 4.39 Å². The van der Waals surface area contributed by atoms with E-state index in [0.29, 0.717) is 21.8 Å². The molecule has 2 atom stereocenters. The molecule has 1 aromatic carbocycles. The number of halogens is 3. The van der Waals surface area contributed by atoms with Crippen LogP contribution in [0.4, 0.5) is 10.1 Å². The van der Waals surface area contributed by atoms with Gasteiger partial charge < -0.3 is 10.6 Å². The van der Waals surface area contributed by atoms with E-state index in [0.717, 1.165) is 13.0 Å². The van der Waals surface area contributed by atoms with Gasteiger partial charge in [0.1, 0.15) is 5.82 Å². The fraction of sp³-hybridized carbons (Fsp3) is 0.600. The molecule has 2 rings (SSSR count). The molecule has 1 saturated heterocycles. The summed E-state index contributed by atoms with van der Waals surface area (Å²) in [6.07, 6.45) is 6.05. The Labute approximate surface area is 130 Å². The van der Waals surface area contributed by atoms with Crippen molar-refractivity contribution in [2.45, 2.75) is 51.1 Å². The van der Waals surface area contributed by atoms with Gasteiger partial charge in [0.2, 0.25) is 0 Å². The normalized spacial score (nSPS) is 21.3. The van der Waals surface area contributed by atoms with E-state index in [4.69, 9.17) is 23.2 Å². The van der Waals surface area contributed by atoms with Crippen LogP contribution >= 0.6 is 23.2 Å². The Balaban J connectivity index is 1.95. The van der Waals surface area contributed by atoms with Crippen LogP contribution in [-0.2, 0) is 0 Å². The summed E-state index contributed by atoms with van der Waals surface area (Å²) in [5.41, 5.74) is 0.621. The smallest absolute Gasteiger partial charge is 0.126 e. The van der Waals surface area contributed by atoms with Crippen molar-refractivity contribution in [1.29, 1.82) is 0 Å². The number of benzene rings is 1. The lowest BCUT2D eigenvalue weighted by atomic mass is 10.0. The zero-order chi connectivity index (χ0) is 14.5. The fourth-order valence-electron chi connectivity index (χ4n) is 2.71. The first-order chi connectivity index (χ1) is 9.56. The zero-order valence-corrected chi connectivity index (χ0v) is 13.2. The van der Waals surface area contributed by atoms with Crippen molar-refractivity contribution in [3.05, 3.63) is 28.0 Å². The maximum absolute atomic E-state index is 13.2. The zero-order valence-electron chi connectivity index (χ0n) is 11.7. The third kappa shape index (κ3) is 4.51. The van der Waals surface area contributed by atoms with Crippen molar-refractivity contribution in [1.82, 2.24) is 5.32 Å². The summed E-state index contributed by atoms with van der Waals surface area (Å²) in [5, 5.41) is 7.53. The highest BCUT2D eigenvalue weighted by molar-refractivity contribution is 6.39. The van der Waals surface area contributed by atoms with E-state index in [1.165, 1.54) is 37.8 Å². The van der Waals surface area contributed by atoms with Crippen LogP contribution in [0.25, 0.3) is 0 Å². The highest BCUT2D eigenvalue weighted by Crippen LogP contribution is 2.32. The van der Waals surface area contributed by atoms with Gasteiger partial charge in [-0.05, 0) is 44.9 Å². The third-order valence-corrected chi connectivity index (χ3v) is 4.29. The number of hydrogen-bond acceptors (Lipinski definition) is 2. The average Bonchev–Trinajstić information content (AvgIpc) is 2.62. The summed E-state index contributed by atoms with van der Waals surface area (Å²) >= 11 is 12.1. The molecular formula is C15H21Cl2FN2. The summed E-state index contributed by atoms with van der Waals surface area (Å²) in [7, 11) is 0. The summed E-state index contributed by atoms with van der Waals surface area (Å²) in [6.45, 7) is 3.19. The molecule has 0 bridgehead atoms. The lowest BCUT2D eigenvalue weighted by Gasteiger charge is -2.23. The third-order valence-electron chi connectivity index (χ3n) is 3.70. The number of hydrogen-bond donors (Lipinski definition) is 2. The highest BCUT2D eigenvalue weighted by atomic mass is 35.5. The van der Waals surface area contributed by atoms with Crippen LogP contribution in [0, 0.1) is 5.82 Å². The van der Waals surface area contributed by atoms with Crippen LogP contribution < -0.4 is 10.6 Å². The second-order valence-electron chi connectivity index (χ2n) is 5.53. The molecule has 1 fully saturated rings. The molecule has 1 aliphatic heterocycles. The van der Waals surface area contributed by atoms with Gasteiger partial charge in [0.25, 0.3) is 0 Å². The fourth-order valence-corrected chi connectivity index (χ4v) is 3.28. The van der Waals surface area contributed by atoms with E-state index >= 15 is 0 Å². The summed E-state index contributed by atoms with van der Waals surface area (Å²) in [4.78, 5) is 0. The van der Waals surface area contributed by atoms with Gasteiger partial charge in [-0.25, -0.2) is 4.39 Å². The number of nitrogens with one attached hydrogen (secondary N) is 2. The predicted octanol–water partition coefficient (Wildman–Crippen LogP) is 4.86. The van der Waals surface area contributed by atoms with E-state index < -0.39 is 5.82 Å². The van der Waals surface area contributed by atoms with Crippen molar-refractivity contribution in [2.75, 3.05) is 11.9 Å². The Morgan fingerprint density at radius 2 is 2.00 bits per heavy atom. The molecule has 1 aromatic rings. The van der Waals surface area contributed by atoms with Crippen molar-refractivity contribution in [3.63, 3.8) is 0 Å². The Morgan fingerprint density at radius 3 is 2.70 bits per heavy atom. The Bertz CT molecular complexity index is 422. The molecule has 2 unspecified atom stereocenters. The second-order valence-corrected chi connectivity index (χ2v) is 6.34. The standard InChI is InChI=1S/C15H21Cl2FN2/c1-10(7-12-5-3-2-4-6-19-12)20-15-13(16)8-11(18)9-14(15)17/h8-10,12,19-20H,2-7H2,1H3. The van der Waals surface area contributed by atoms with Gasteiger partial charge in [0, 0.05) is 12.1 Å². The molecule has 0 aliphatic carbocycles. The van der Waals surface area contributed by atoms with Crippen molar-refractivity contribution >= 4 is 28.9 Å². The maximum Gasteiger partial charge on any atom is 0.126 e. The van der Waals surface area contributed by atoms with Crippen LogP contribution in [0.3, 0.4) is 0 Å². The maximum atomic E-state index is 13.2. The van der Waals surface area contributed by atoms with Crippen LogP contribution in [0.15, 0.2) is 12.1 Å². The van der Waals surface area contributed by atoms with E-state index in [1.807, 2.05) is 0 Å². The minimum absolute atomic E-state index is 0.228. The molecule has 1 aliphatic rings. The first-order valence-corrected chi connectivity index (χ1v) is 7.96. The van der Waals surface area contributed by atoms with Crippen molar-refractivity contribution in [2.24, 2.45) is 0 Å². The summed E-state index contributed by atoms with van der Waals surface area (Å²) < 4.78 is 13.2. The van der Waals surface area contributed by atoms with Gasteiger partial charge in [-0.2, -0.15) is 0 Å². The molecule has 5 heteroatoms. The topological polar surface area (TPSA) is 24.1 Å². The van der Waals surface area contributed by atoms with E-state index in [1.54, 1.807) is 0 Å². The minimum Gasteiger partial charge on any atom is -0.380 e. The Morgan fingerprint density at radius 1 is 1.30 bits per heavy atom. The van der Waals surface area contributed by atoms with Gasteiger partial charge >= 0.3 is 0 Å². The molecular weight excluding hydrogens is 298 g/mol. The molecule has 0 amide bonds. The molecule has 0 spiro atoms. The number of rotatable bonds is 4. The highest BCUT2D eigenvalue weighted by Gasteiger charge is 2.17. The quantitative estimate of drug-likeness (QED) is 0.828. The molecule has 1 heterocycles. The first-order valence-electron chi connectivity index (χ1n) is 7.20. The lowest BCUT2D eigenvalue weighted by Crippen LogP contribution is -2.33. The monoisotopic (exact) mass is 318 g/mol. The van der Waals surface area contributed by atoms with Crippen molar-refractivity contribution in [3.8, 4) is 0 Å². The lowest BCUT2D eigenvalue weighted by molar-refractivity contribution is 0.456. The van der Waals surface area contributed by atoms with Crippen LogP contribution in [0.1, 0.15) is 39.0 Å².